The fraction of sp³-hybridized carbons (Fsp3) is 0.111. The van der Waals surface area contributed by atoms with Gasteiger partial charge in [-0.15, -0.1) is 0 Å². The van der Waals surface area contributed by atoms with Crippen molar-refractivity contribution in [1.29, 1.82) is 0 Å². The van der Waals surface area contributed by atoms with E-state index >= 15 is 0 Å². The van der Waals surface area contributed by atoms with Gasteiger partial charge < -0.3 is 5.21 Å². The zero-order valence-corrected chi connectivity index (χ0v) is 6.93. The maximum absolute atomic E-state index is 10.0. The summed E-state index contributed by atoms with van der Waals surface area (Å²) in [7, 11) is 1.33. The van der Waals surface area contributed by atoms with Gasteiger partial charge in [0, 0.05) is 5.56 Å². The average Bonchev–Trinajstić information content (AvgIpc) is 2.05. The number of hydroxylamine groups is 1. The number of carbonyl (C=O) groups excluding carboxylic acids is 1. The zero-order chi connectivity index (χ0) is 9.40. The van der Waals surface area contributed by atoms with E-state index in [0.717, 1.165) is 11.8 Å². The van der Waals surface area contributed by atoms with Crippen molar-refractivity contribution in [2.24, 2.45) is 0 Å². The summed E-state index contributed by atoms with van der Waals surface area (Å²) in [4.78, 5) is 10.0. The van der Waals surface area contributed by atoms with Crippen LogP contribution in [0.3, 0.4) is 0 Å². The molecule has 1 aromatic carbocycles. The molecule has 1 aromatic rings. The second-order valence-corrected chi connectivity index (χ2v) is 2.16. The molecule has 12 heavy (non-hydrogen) atoms. The van der Waals surface area contributed by atoms with Crippen molar-refractivity contribution in [3.05, 3.63) is 41.1 Å². The lowest BCUT2D eigenvalue weighted by molar-refractivity contribution is -0.412. The van der Waals surface area contributed by atoms with Crippen LogP contribution in [0.5, 0.6) is 0 Å². The van der Waals surface area contributed by atoms with E-state index in [1.165, 1.54) is 7.05 Å². The molecule has 0 amide bonds. The van der Waals surface area contributed by atoms with Gasteiger partial charge in [-0.2, -0.15) is 0 Å². The predicted molar refractivity (Wildman–Crippen MR) is 48.5 cm³/mol. The minimum Gasteiger partial charge on any atom is -0.624 e. The smallest absolute Gasteiger partial charge is 0.150 e. The molecule has 0 aromatic heterocycles. The molecule has 3 nitrogen and oxygen atoms in total. The Morgan fingerprint density at radius 3 is 2.08 bits per heavy atom. The largest absolute Gasteiger partial charge is 0.624 e. The number of rotatable bonds is 1. The Morgan fingerprint density at radius 2 is 1.83 bits per heavy atom. The van der Waals surface area contributed by atoms with Gasteiger partial charge in [0.25, 0.3) is 0 Å². The Balaban J connectivity index is 0.000000261. The molecule has 0 aliphatic carbocycles. The van der Waals surface area contributed by atoms with Gasteiger partial charge in [0.1, 0.15) is 20.1 Å². The summed E-state index contributed by atoms with van der Waals surface area (Å²) in [5.74, 6) is 0. The highest BCUT2D eigenvalue weighted by Gasteiger charge is 1.79. The van der Waals surface area contributed by atoms with Gasteiger partial charge in [0.2, 0.25) is 0 Å². The van der Waals surface area contributed by atoms with Gasteiger partial charge in [0.15, 0.2) is 0 Å². The summed E-state index contributed by atoms with van der Waals surface area (Å²) < 4.78 is 0.500. The Bertz CT molecular complexity index is 240. The van der Waals surface area contributed by atoms with E-state index in [-0.39, 0.29) is 0 Å². The SMILES string of the molecule is C=[N+](C)[O-].O=Cc1ccccc1. The number of hydrogen-bond donors (Lipinski definition) is 0. The summed E-state index contributed by atoms with van der Waals surface area (Å²) >= 11 is 0. The second-order valence-electron chi connectivity index (χ2n) is 2.16. The van der Waals surface area contributed by atoms with E-state index in [9.17, 15) is 10.0 Å². The Morgan fingerprint density at radius 1 is 1.42 bits per heavy atom. The van der Waals surface area contributed by atoms with Crippen molar-refractivity contribution < 1.29 is 9.53 Å². The molecule has 64 valence electrons. The second kappa shape index (κ2) is 6.09. The number of nitrogens with zero attached hydrogens (tertiary/aromatic N) is 1. The third kappa shape index (κ3) is 6.48. The minimum absolute atomic E-state index is 0.500. The van der Waals surface area contributed by atoms with Crippen LogP contribution in [-0.2, 0) is 0 Å². The molecule has 0 atom stereocenters. The van der Waals surface area contributed by atoms with E-state index in [4.69, 9.17) is 0 Å². The lowest BCUT2D eigenvalue weighted by Gasteiger charge is -1.82. The first-order valence-electron chi connectivity index (χ1n) is 3.38. The lowest BCUT2D eigenvalue weighted by Crippen LogP contribution is -1.82. The number of carbonyl (C=O) groups is 1. The van der Waals surface area contributed by atoms with Crippen molar-refractivity contribution in [1.82, 2.24) is 0 Å². The first kappa shape index (κ1) is 10.4. The molecule has 0 aliphatic heterocycles. The molecular weight excluding hydrogens is 154 g/mol. The number of aldehydes is 1. The highest BCUT2D eigenvalue weighted by atomic mass is 16.5. The van der Waals surface area contributed by atoms with E-state index in [1.807, 2.05) is 18.2 Å². The van der Waals surface area contributed by atoms with Gasteiger partial charge in [-0.25, -0.2) is 4.74 Å². The van der Waals surface area contributed by atoms with Crippen LogP contribution >= 0.6 is 0 Å². The van der Waals surface area contributed by atoms with Crippen LogP contribution in [0.15, 0.2) is 30.3 Å². The predicted octanol–water partition coefficient (Wildman–Crippen LogP) is 1.33. The lowest BCUT2D eigenvalue weighted by atomic mass is 10.2. The summed E-state index contributed by atoms with van der Waals surface area (Å²) in [5.41, 5.74) is 0.729. The molecule has 0 saturated carbocycles. The normalized spacial score (nSPS) is 7.75. The van der Waals surface area contributed by atoms with E-state index in [2.05, 4.69) is 6.72 Å². The molecule has 0 heterocycles. The van der Waals surface area contributed by atoms with Crippen LogP contribution < -0.4 is 0 Å². The maximum Gasteiger partial charge on any atom is 0.150 e. The van der Waals surface area contributed by atoms with E-state index < -0.39 is 0 Å². The third-order valence-electron chi connectivity index (χ3n) is 0.936. The van der Waals surface area contributed by atoms with Gasteiger partial charge in [-0.1, -0.05) is 30.3 Å². The molecule has 0 saturated heterocycles. The van der Waals surface area contributed by atoms with Crippen molar-refractivity contribution in [2.45, 2.75) is 0 Å². The zero-order valence-electron chi connectivity index (χ0n) is 6.93. The fourth-order valence-corrected chi connectivity index (χ4v) is 0.532. The fourth-order valence-electron chi connectivity index (χ4n) is 0.532. The van der Waals surface area contributed by atoms with Crippen LogP contribution in [0.1, 0.15) is 10.4 Å². The van der Waals surface area contributed by atoms with Crippen LogP contribution in [0, 0.1) is 5.21 Å². The highest BCUT2D eigenvalue weighted by Crippen LogP contribution is 1.91. The molecule has 0 N–H and O–H groups in total. The Hall–Kier alpha value is -1.64. The molecule has 1 rings (SSSR count). The van der Waals surface area contributed by atoms with Crippen molar-refractivity contribution in [3.63, 3.8) is 0 Å². The molecule has 0 fully saturated rings. The van der Waals surface area contributed by atoms with Gasteiger partial charge in [-0.05, 0) is 0 Å². The van der Waals surface area contributed by atoms with Gasteiger partial charge in [0.05, 0.1) is 0 Å². The number of hydrogen-bond acceptors (Lipinski definition) is 2. The van der Waals surface area contributed by atoms with Crippen molar-refractivity contribution in [3.8, 4) is 0 Å². The molecule has 0 bridgehead atoms. The quantitative estimate of drug-likeness (QED) is 0.207. The first-order valence-corrected chi connectivity index (χ1v) is 3.38. The van der Waals surface area contributed by atoms with E-state index in [1.54, 1.807) is 12.1 Å². The summed E-state index contributed by atoms with van der Waals surface area (Å²) in [6, 6.07) is 9.10. The topological polar surface area (TPSA) is 43.1 Å². The summed E-state index contributed by atoms with van der Waals surface area (Å²) in [6.45, 7) is 2.92. The minimum atomic E-state index is 0.500. The van der Waals surface area contributed by atoms with Crippen LogP contribution in [-0.4, -0.2) is 24.8 Å². The molecule has 0 aliphatic rings. The molecular formula is C9H11NO2. The van der Waals surface area contributed by atoms with Crippen molar-refractivity contribution >= 4 is 13.0 Å². The molecule has 0 radical (unpaired) electrons. The molecule has 3 heteroatoms. The summed E-state index contributed by atoms with van der Waals surface area (Å²) in [6.07, 6.45) is 0.833. The molecule has 0 spiro atoms. The maximum atomic E-state index is 10.0. The van der Waals surface area contributed by atoms with Crippen LogP contribution in [0.2, 0.25) is 0 Å². The standard InChI is InChI=1S/C7H6O.C2H5NO/c8-6-7-4-2-1-3-5-7;1-3(2)4/h1-6H;1H2,2H3. The van der Waals surface area contributed by atoms with Crippen LogP contribution in [0.4, 0.5) is 0 Å². The van der Waals surface area contributed by atoms with Gasteiger partial charge in [-0.3, -0.25) is 4.79 Å². The Labute approximate surface area is 71.5 Å². The monoisotopic (exact) mass is 165 g/mol. The highest BCUT2D eigenvalue weighted by molar-refractivity contribution is 5.74. The van der Waals surface area contributed by atoms with Crippen molar-refractivity contribution in [2.75, 3.05) is 7.05 Å². The summed E-state index contributed by atoms with van der Waals surface area (Å²) in [5, 5.41) is 9.25. The van der Waals surface area contributed by atoms with E-state index in [0.29, 0.717) is 4.74 Å². The number of benzene rings is 1. The van der Waals surface area contributed by atoms with Gasteiger partial charge >= 0.3 is 0 Å². The van der Waals surface area contributed by atoms with Crippen LogP contribution in [0.25, 0.3) is 0 Å². The molecule has 0 unspecified atom stereocenters. The Kier molecular flexibility index (Phi) is 5.26. The first-order chi connectivity index (χ1) is 5.66. The average molecular weight is 165 g/mol. The third-order valence-corrected chi connectivity index (χ3v) is 0.936.